The Morgan fingerprint density at radius 3 is 2.50 bits per heavy atom. The average molecular weight is 302 g/mol. The van der Waals surface area contributed by atoms with Gasteiger partial charge in [0.05, 0.1) is 6.54 Å². The molecule has 5 nitrogen and oxygen atoms in total. The van der Waals surface area contributed by atoms with Gasteiger partial charge in [0.25, 0.3) is 0 Å². The maximum atomic E-state index is 12.3. The van der Waals surface area contributed by atoms with Gasteiger partial charge in [-0.05, 0) is 32.7 Å². The predicted octanol–water partition coefficient (Wildman–Crippen LogP) is 2.41. The minimum absolute atomic E-state index is 0.0912. The number of furan rings is 1. The zero-order chi connectivity index (χ0) is 15.3. The fraction of sp³-hybridized carbons (Fsp3) is 0.714. The summed E-state index contributed by atoms with van der Waals surface area (Å²) in [7, 11) is -3.51. The number of rotatable bonds is 8. The number of sulfonamides is 1. The molecule has 1 aromatic rings. The van der Waals surface area contributed by atoms with Crippen molar-refractivity contribution in [3.63, 3.8) is 0 Å². The van der Waals surface area contributed by atoms with Crippen molar-refractivity contribution in [3.8, 4) is 0 Å². The van der Waals surface area contributed by atoms with Crippen molar-refractivity contribution in [2.45, 2.75) is 58.5 Å². The Hall–Kier alpha value is -0.850. The maximum absolute atomic E-state index is 12.3. The van der Waals surface area contributed by atoms with Crippen molar-refractivity contribution < 1.29 is 12.8 Å². The second-order valence-corrected chi connectivity index (χ2v) is 7.25. The monoisotopic (exact) mass is 302 g/mol. The first-order valence-corrected chi connectivity index (χ1v) is 8.57. The Morgan fingerprint density at radius 1 is 1.30 bits per heavy atom. The van der Waals surface area contributed by atoms with Gasteiger partial charge in [-0.3, -0.25) is 0 Å². The van der Waals surface area contributed by atoms with Gasteiger partial charge in [0, 0.05) is 12.1 Å². The van der Waals surface area contributed by atoms with Crippen LogP contribution in [0.1, 0.15) is 45.6 Å². The van der Waals surface area contributed by atoms with E-state index in [0.29, 0.717) is 24.0 Å². The molecule has 116 valence electrons. The summed E-state index contributed by atoms with van der Waals surface area (Å²) in [6.07, 6.45) is 0.806. The Labute approximate surface area is 122 Å². The fourth-order valence-corrected chi connectivity index (χ4v) is 3.67. The van der Waals surface area contributed by atoms with Gasteiger partial charge < -0.3 is 9.73 Å². The van der Waals surface area contributed by atoms with Gasteiger partial charge in [-0.1, -0.05) is 20.8 Å². The molecule has 20 heavy (non-hydrogen) atoms. The molecule has 0 aliphatic carbocycles. The molecular formula is C14H26N2O3S. The van der Waals surface area contributed by atoms with Crippen LogP contribution < -0.4 is 10.0 Å². The van der Waals surface area contributed by atoms with Crippen LogP contribution in [0.3, 0.4) is 0 Å². The summed E-state index contributed by atoms with van der Waals surface area (Å²) >= 11 is 0. The first-order chi connectivity index (χ1) is 9.26. The van der Waals surface area contributed by atoms with Gasteiger partial charge in [0.15, 0.2) is 0 Å². The van der Waals surface area contributed by atoms with Gasteiger partial charge in [-0.2, -0.15) is 0 Å². The molecule has 0 saturated heterocycles. The lowest BCUT2D eigenvalue weighted by atomic mass is 10.1. The molecule has 0 spiro atoms. The first-order valence-electron chi connectivity index (χ1n) is 7.08. The third kappa shape index (κ3) is 4.92. The largest absolute Gasteiger partial charge is 0.464 e. The van der Waals surface area contributed by atoms with E-state index in [0.717, 1.165) is 13.0 Å². The third-order valence-electron chi connectivity index (χ3n) is 2.94. The Bertz CT molecular complexity index is 521. The highest BCUT2D eigenvalue weighted by molar-refractivity contribution is 7.89. The summed E-state index contributed by atoms with van der Waals surface area (Å²) in [5.41, 5.74) is 0. The molecule has 6 heteroatoms. The Morgan fingerprint density at radius 2 is 1.95 bits per heavy atom. The topological polar surface area (TPSA) is 71.3 Å². The molecule has 0 bridgehead atoms. The average Bonchev–Trinajstić information content (AvgIpc) is 2.66. The van der Waals surface area contributed by atoms with E-state index in [1.165, 1.54) is 0 Å². The highest BCUT2D eigenvalue weighted by Gasteiger charge is 2.23. The molecule has 1 aromatic heterocycles. The summed E-state index contributed by atoms with van der Waals surface area (Å²) < 4.78 is 32.9. The lowest BCUT2D eigenvalue weighted by molar-refractivity contribution is 0.458. The van der Waals surface area contributed by atoms with Crippen LogP contribution in [0, 0.1) is 12.8 Å². The van der Waals surface area contributed by atoms with Crippen molar-refractivity contribution in [2.75, 3.05) is 6.54 Å². The number of hydrogen-bond donors (Lipinski definition) is 2. The van der Waals surface area contributed by atoms with E-state index >= 15 is 0 Å². The van der Waals surface area contributed by atoms with E-state index < -0.39 is 10.0 Å². The van der Waals surface area contributed by atoms with Crippen LogP contribution in [-0.2, 0) is 16.6 Å². The molecule has 0 saturated carbocycles. The predicted molar refractivity (Wildman–Crippen MR) is 80.1 cm³/mol. The van der Waals surface area contributed by atoms with Gasteiger partial charge in [0.1, 0.15) is 16.4 Å². The molecular weight excluding hydrogens is 276 g/mol. The van der Waals surface area contributed by atoms with E-state index in [9.17, 15) is 8.42 Å². The molecule has 0 aromatic carbocycles. The maximum Gasteiger partial charge on any atom is 0.244 e. The molecule has 1 atom stereocenters. The van der Waals surface area contributed by atoms with Gasteiger partial charge in [0.2, 0.25) is 10.0 Å². The first kappa shape index (κ1) is 17.2. The van der Waals surface area contributed by atoms with Crippen LogP contribution in [0.4, 0.5) is 0 Å². The van der Waals surface area contributed by atoms with Crippen molar-refractivity contribution in [1.82, 2.24) is 10.0 Å². The molecule has 0 radical (unpaired) electrons. The summed E-state index contributed by atoms with van der Waals surface area (Å²) in [6, 6.07) is 1.51. The molecule has 0 aliphatic heterocycles. The second kappa shape index (κ2) is 7.24. The van der Waals surface area contributed by atoms with Crippen molar-refractivity contribution in [1.29, 1.82) is 0 Å². The van der Waals surface area contributed by atoms with E-state index in [-0.39, 0.29) is 10.9 Å². The number of nitrogens with one attached hydrogen (secondary N) is 2. The van der Waals surface area contributed by atoms with Crippen LogP contribution in [0.15, 0.2) is 15.4 Å². The van der Waals surface area contributed by atoms with Crippen LogP contribution >= 0.6 is 0 Å². The highest BCUT2D eigenvalue weighted by Crippen LogP contribution is 2.20. The molecule has 0 fully saturated rings. The Balaban J connectivity index is 2.84. The highest BCUT2D eigenvalue weighted by atomic mass is 32.2. The van der Waals surface area contributed by atoms with Crippen LogP contribution in [-0.4, -0.2) is 21.0 Å². The Kier molecular flexibility index (Phi) is 6.23. The van der Waals surface area contributed by atoms with Crippen molar-refractivity contribution >= 4 is 10.0 Å². The van der Waals surface area contributed by atoms with Gasteiger partial charge in [-0.25, -0.2) is 13.1 Å². The van der Waals surface area contributed by atoms with Gasteiger partial charge >= 0.3 is 0 Å². The van der Waals surface area contributed by atoms with E-state index in [4.69, 9.17) is 4.42 Å². The standard InChI is InChI=1S/C14H26N2O3S/c1-6-15-9-13-8-14(12(5)19-13)20(17,18)16-11(4)7-10(2)3/h8,10-11,15-16H,6-7,9H2,1-5H3. The molecule has 2 N–H and O–H groups in total. The lowest BCUT2D eigenvalue weighted by Crippen LogP contribution is -2.33. The second-order valence-electron chi connectivity index (χ2n) is 5.57. The molecule has 1 rings (SSSR count). The van der Waals surface area contributed by atoms with E-state index in [2.05, 4.69) is 23.9 Å². The summed E-state index contributed by atoms with van der Waals surface area (Å²) in [5, 5.41) is 3.11. The van der Waals surface area contributed by atoms with E-state index in [1.54, 1.807) is 13.0 Å². The zero-order valence-corrected chi connectivity index (χ0v) is 13.8. The molecule has 0 amide bonds. The summed E-state index contributed by atoms with van der Waals surface area (Å²) in [5.74, 6) is 1.52. The van der Waals surface area contributed by atoms with Crippen molar-refractivity contribution in [3.05, 3.63) is 17.6 Å². The van der Waals surface area contributed by atoms with Crippen molar-refractivity contribution in [2.24, 2.45) is 5.92 Å². The quantitative estimate of drug-likeness (QED) is 0.773. The molecule has 1 unspecified atom stereocenters. The molecule has 0 aliphatic rings. The lowest BCUT2D eigenvalue weighted by Gasteiger charge is -2.15. The summed E-state index contributed by atoms with van der Waals surface area (Å²) in [4.78, 5) is 0.237. The number of aryl methyl sites for hydroxylation is 1. The van der Waals surface area contributed by atoms with Crippen LogP contribution in [0.2, 0.25) is 0 Å². The third-order valence-corrected chi connectivity index (χ3v) is 4.64. The smallest absolute Gasteiger partial charge is 0.244 e. The fourth-order valence-electron chi connectivity index (χ4n) is 2.21. The normalized spacial score (nSPS) is 13.9. The van der Waals surface area contributed by atoms with Gasteiger partial charge in [-0.15, -0.1) is 0 Å². The molecule has 1 heterocycles. The van der Waals surface area contributed by atoms with Crippen LogP contribution in [0.5, 0.6) is 0 Å². The number of hydrogen-bond acceptors (Lipinski definition) is 4. The SMILES string of the molecule is CCNCc1cc(S(=O)(=O)NC(C)CC(C)C)c(C)o1. The zero-order valence-electron chi connectivity index (χ0n) is 13.0. The minimum Gasteiger partial charge on any atom is -0.464 e. The van der Waals surface area contributed by atoms with Crippen LogP contribution in [0.25, 0.3) is 0 Å². The van der Waals surface area contributed by atoms with E-state index in [1.807, 2.05) is 13.8 Å². The minimum atomic E-state index is -3.51. The summed E-state index contributed by atoms with van der Waals surface area (Å²) in [6.45, 7) is 11.0.